The van der Waals surface area contributed by atoms with Crippen LogP contribution in [-0.2, 0) is 0 Å². The van der Waals surface area contributed by atoms with Crippen molar-refractivity contribution in [2.75, 3.05) is 0 Å². The molecule has 94 valence electrons. The van der Waals surface area contributed by atoms with E-state index in [4.69, 9.17) is 0 Å². The highest BCUT2D eigenvalue weighted by Crippen LogP contribution is 2.26. The predicted octanol–water partition coefficient (Wildman–Crippen LogP) is 3.40. The first-order chi connectivity index (χ1) is 8.18. The van der Waals surface area contributed by atoms with Gasteiger partial charge in [-0.15, -0.1) is 0 Å². The van der Waals surface area contributed by atoms with Crippen LogP contribution in [0, 0.1) is 0 Å². The van der Waals surface area contributed by atoms with Gasteiger partial charge in [-0.2, -0.15) is 0 Å². The van der Waals surface area contributed by atoms with Crippen molar-refractivity contribution < 1.29 is 5.11 Å². The van der Waals surface area contributed by atoms with Gasteiger partial charge in [0.15, 0.2) is 0 Å². The number of hydrogen-bond acceptors (Lipinski definition) is 2. The van der Waals surface area contributed by atoms with Crippen molar-refractivity contribution in [2.45, 2.75) is 50.8 Å². The minimum absolute atomic E-state index is 0.186. The molecular weight excluding hydrogens is 278 g/mol. The molecule has 0 unspecified atom stereocenters. The maximum Gasteiger partial charge on any atom is 0.0693 e. The molecule has 1 aromatic carbocycles. The molecule has 0 bridgehead atoms. The molecular formula is C14H20BrNO. The quantitative estimate of drug-likeness (QED) is 0.896. The fraction of sp³-hybridized carbons (Fsp3) is 0.571. The Kier molecular flexibility index (Phi) is 4.60. The monoisotopic (exact) mass is 297 g/mol. The van der Waals surface area contributed by atoms with Crippen LogP contribution in [0.3, 0.4) is 0 Å². The van der Waals surface area contributed by atoms with E-state index in [-0.39, 0.29) is 18.2 Å². The Hall–Kier alpha value is -0.380. The van der Waals surface area contributed by atoms with Gasteiger partial charge < -0.3 is 10.4 Å². The van der Waals surface area contributed by atoms with Crippen LogP contribution in [0.15, 0.2) is 28.7 Å². The Labute approximate surface area is 112 Å². The smallest absolute Gasteiger partial charge is 0.0693 e. The summed E-state index contributed by atoms with van der Waals surface area (Å²) in [5.41, 5.74) is 1.25. The van der Waals surface area contributed by atoms with Crippen LogP contribution >= 0.6 is 15.9 Å². The van der Waals surface area contributed by atoms with Crippen molar-refractivity contribution in [3.05, 3.63) is 34.3 Å². The second-order valence-electron chi connectivity index (χ2n) is 4.87. The molecule has 1 aromatic rings. The molecule has 0 spiro atoms. The number of nitrogens with one attached hydrogen (secondary N) is 1. The standard InChI is InChI=1S/C14H20BrNO/c1-10(11-6-2-3-7-12(11)15)16-13-8-4-5-9-14(13)17/h2-3,6-7,10,13-14,16-17H,4-5,8-9H2,1H3/t10-,13+,14+/m1/s1. The second-order valence-corrected chi connectivity index (χ2v) is 5.72. The highest BCUT2D eigenvalue weighted by Gasteiger charge is 2.24. The van der Waals surface area contributed by atoms with Crippen LogP contribution in [0.25, 0.3) is 0 Å². The summed E-state index contributed by atoms with van der Waals surface area (Å²) in [7, 11) is 0. The van der Waals surface area contributed by atoms with Gasteiger partial charge in [0.1, 0.15) is 0 Å². The van der Waals surface area contributed by atoms with Crippen molar-refractivity contribution in [2.24, 2.45) is 0 Å². The second kappa shape index (κ2) is 5.98. The van der Waals surface area contributed by atoms with Gasteiger partial charge in [-0.3, -0.25) is 0 Å². The van der Waals surface area contributed by atoms with Crippen molar-refractivity contribution >= 4 is 15.9 Å². The van der Waals surface area contributed by atoms with Crippen molar-refractivity contribution in [1.82, 2.24) is 5.32 Å². The molecule has 0 aliphatic heterocycles. The third-order valence-electron chi connectivity index (χ3n) is 3.57. The molecule has 1 aliphatic carbocycles. The summed E-state index contributed by atoms with van der Waals surface area (Å²) in [6.07, 6.45) is 4.20. The topological polar surface area (TPSA) is 32.3 Å². The average Bonchev–Trinajstić information content (AvgIpc) is 2.32. The van der Waals surface area contributed by atoms with E-state index >= 15 is 0 Å². The van der Waals surface area contributed by atoms with Gasteiger partial charge in [-0.1, -0.05) is 47.0 Å². The van der Waals surface area contributed by atoms with Crippen molar-refractivity contribution in [1.29, 1.82) is 0 Å². The lowest BCUT2D eigenvalue weighted by Crippen LogP contribution is -2.43. The van der Waals surface area contributed by atoms with Crippen molar-refractivity contribution in [3.63, 3.8) is 0 Å². The number of hydrogen-bond donors (Lipinski definition) is 2. The van der Waals surface area contributed by atoms with Crippen LogP contribution in [0.4, 0.5) is 0 Å². The summed E-state index contributed by atoms with van der Waals surface area (Å²) in [4.78, 5) is 0. The summed E-state index contributed by atoms with van der Waals surface area (Å²) in [6, 6.07) is 8.77. The minimum Gasteiger partial charge on any atom is -0.392 e. The van der Waals surface area contributed by atoms with E-state index < -0.39 is 0 Å². The van der Waals surface area contributed by atoms with Gasteiger partial charge in [0.05, 0.1) is 6.10 Å². The zero-order valence-corrected chi connectivity index (χ0v) is 11.8. The van der Waals surface area contributed by atoms with E-state index in [1.54, 1.807) is 0 Å². The van der Waals surface area contributed by atoms with Gasteiger partial charge in [-0.25, -0.2) is 0 Å². The molecule has 0 heterocycles. The molecule has 0 amide bonds. The van der Waals surface area contributed by atoms with Crippen LogP contribution in [0.5, 0.6) is 0 Å². The summed E-state index contributed by atoms with van der Waals surface area (Å²) < 4.78 is 1.13. The molecule has 0 radical (unpaired) electrons. The van der Waals surface area contributed by atoms with Gasteiger partial charge >= 0.3 is 0 Å². The Morgan fingerprint density at radius 3 is 2.71 bits per heavy atom. The highest BCUT2D eigenvalue weighted by atomic mass is 79.9. The summed E-state index contributed by atoms with van der Waals surface area (Å²) in [6.45, 7) is 2.15. The largest absolute Gasteiger partial charge is 0.392 e. The number of halogens is 1. The van der Waals surface area contributed by atoms with Gasteiger partial charge in [0, 0.05) is 16.6 Å². The third-order valence-corrected chi connectivity index (χ3v) is 4.29. The zero-order valence-electron chi connectivity index (χ0n) is 10.2. The first-order valence-electron chi connectivity index (χ1n) is 6.37. The lowest BCUT2D eigenvalue weighted by atomic mass is 9.91. The molecule has 1 aliphatic rings. The SMILES string of the molecule is C[C@@H](N[C@H]1CCCC[C@@H]1O)c1ccccc1Br. The highest BCUT2D eigenvalue weighted by molar-refractivity contribution is 9.10. The molecule has 2 N–H and O–H groups in total. The van der Waals surface area contributed by atoms with E-state index in [9.17, 15) is 5.11 Å². The van der Waals surface area contributed by atoms with E-state index in [2.05, 4.69) is 46.4 Å². The summed E-state index contributed by atoms with van der Waals surface area (Å²) >= 11 is 3.57. The lowest BCUT2D eigenvalue weighted by molar-refractivity contribution is 0.0859. The summed E-state index contributed by atoms with van der Waals surface area (Å²) in [5, 5.41) is 13.5. The Bertz CT molecular complexity index is 369. The normalized spacial score (nSPS) is 26.8. The first-order valence-corrected chi connectivity index (χ1v) is 7.16. The molecule has 2 rings (SSSR count). The fourth-order valence-electron chi connectivity index (χ4n) is 2.54. The Morgan fingerprint density at radius 2 is 2.00 bits per heavy atom. The summed E-state index contributed by atoms with van der Waals surface area (Å²) in [5.74, 6) is 0. The van der Waals surface area contributed by atoms with E-state index in [0.29, 0.717) is 0 Å². The number of benzene rings is 1. The Morgan fingerprint density at radius 1 is 1.29 bits per heavy atom. The molecule has 2 nitrogen and oxygen atoms in total. The van der Waals surface area contributed by atoms with Crippen LogP contribution in [-0.4, -0.2) is 17.3 Å². The number of aliphatic hydroxyl groups excluding tert-OH is 1. The van der Waals surface area contributed by atoms with Gasteiger partial charge in [0.25, 0.3) is 0 Å². The van der Waals surface area contributed by atoms with Crippen LogP contribution in [0.2, 0.25) is 0 Å². The zero-order chi connectivity index (χ0) is 12.3. The lowest BCUT2D eigenvalue weighted by Gasteiger charge is -2.31. The van der Waals surface area contributed by atoms with Crippen molar-refractivity contribution in [3.8, 4) is 0 Å². The van der Waals surface area contributed by atoms with E-state index in [0.717, 1.165) is 23.7 Å². The molecule has 0 aromatic heterocycles. The van der Waals surface area contributed by atoms with E-state index in [1.165, 1.54) is 12.0 Å². The predicted molar refractivity (Wildman–Crippen MR) is 74.0 cm³/mol. The third kappa shape index (κ3) is 3.30. The minimum atomic E-state index is -0.186. The first kappa shape index (κ1) is 13.1. The fourth-order valence-corrected chi connectivity index (χ4v) is 3.17. The maximum atomic E-state index is 9.96. The molecule has 1 fully saturated rings. The Balaban J connectivity index is 2.01. The maximum absolute atomic E-state index is 9.96. The number of aliphatic hydroxyl groups is 1. The molecule has 3 heteroatoms. The van der Waals surface area contributed by atoms with Gasteiger partial charge in [0.2, 0.25) is 0 Å². The number of rotatable bonds is 3. The van der Waals surface area contributed by atoms with Crippen LogP contribution < -0.4 is 5.32 Å². The average molecular weight is 298 g/mol. The van der Waals surface area contributed by atoms with Gasteiger partial charge in [-0.05, 0) is 31.4 Å². The molecule has 3 atom stereocenters. The molecule has 17 heavy (non-hydrogen) atoms. The van der Waals surface area contributed by atoms with E-state index in [1.807, 2.05) is 6.07 Å². The van der Waals surface area contributed by atoms with Crippen LogP contribution in [0.1, 0.15) is 44.2 Å². The molecule has 0 saturated heterocycles. The molecule has 1 saturated carbocycles.